The molecule has 11 rings (SSSR count). The molecule has 0 unspecified atom stereocenters. The lowest BCUT2D eigenvalue weighted by atomic mass is 9.61. The number of rotatable bonds is 6. The van der Waals surface area contributed by atoms with Crippen LogP contribution in [0.15, 0.2) is 146 Å². The summed E-state index contributed by atoms with van der Waals surface area (Å²) in [5, 5.41) is 0. The smallest absolute Gasteiger partial charge is 0.0714 e. The number of anilines is 3. The minimum atomic E-state index is -0.534. The summed E-state index contributed by atoms with van der Waals surface area (Å²) in [5.41, 5.74) is 24.7. The molecule has 0 aliphatic heterocycles. The first-order valence-electron chi connectivity index (χ1n) is 24.7. The fourth-order valence-corrected chi connectivity index (χ4v) is 13.3. The predicted octanol–water partition coefficient (Wildman–Crippen LogP) is 17.1. The maximum atomic E-state index is 2.82. The van der Waals surface area contributed by atoms with E-state index in [4.69, 9.17) is 0 Å². The zero-order valence-electron chi connectivity index (χ0n) is 40.5. The van der Waals surface area contributed by atoms with Gasteiger partial charge < -0.3 is 4.90 Å². The molecule has 0 radical (unpaired) electrons. The van der Waals surface area contributed by atoms with Crippen LogP contribution >= 0.6 is 0 Å². The van der Waals surface area contributed by atoms with E-state index in [0.29, 0.717) is 0 Å². The Kier molecular flexibility index (Phi) is 9.65. The van der Waals surface area contributed by atoms with Crippen molar-refractivity contribution in [2.24, 2.45) is 0 Å². The molecule has 7 aromatic rings. The van der Waals surface area contributed by atoms with Crippen molar-refractivity contribution in [1.82, 2.24) is 0 Å². The van der Waals surface area contributed by atoms with Crippen molar-refractivity contribution in [3.63, 3.8) is 0 Å². The second-order valence-electron chi connectivity index (χ2n) is 22.8. The summed E-state index contributed by atoms with van der Waals surface area (Å²) in [4.78, 5) is 2.82. The third-order valence-corrected chi connectivity index (χ3v) is 17.0. The fraction of sp³-hybridized carbons (Fsp3) is 0.344. The van der Waals surface area contributed by atoms with E-state index in [9.17, 15) is 0 Å². The number of nitrogens with zero attached hydrogens (tertiary/aromatic N) is 1. The van der Waals surface area contributed by atoms with Crippen LogP contribution in [0.25, 0.3) is 22.3 Å². The summed E-state index contributed by atoms with van der Waals surface area (Å²) in [6.45, 7) is 22.4. The molecule has 4 aliphatic rings. The Labute approximate surface area is 390 Å². The molecule has 0 saturated heterocycles. The molecular weight excluding hydrogens is 783 g/mol. The SMILES string of the molecule is Cc1ccc2c(c1-c1cc3c(cc1N(c1cccc4c1C(C)(C)CCC4(C)C)c1cccc4c1C(C)(C)CCC4(C)C)C(c1ccccc1)(c1ccccc1)c1ccccc1-3)CCCC2. The molecule has 0 saturated carbocycles. The number of aryl methyl sites for hydroxylation is 2. The van der Waals surface area contributed by atoms with E-state index in [2.05, 4.69) is 213 Å². The Morgan fingerprint density at radius 1 is 0.400 bits per heavy atom. The Morgan fingerprint density at radius 2 is 0.908 bits per heavy atom. The Hall–Kier alpha value is -5.66. The van der Waals surface area contributed by atoms with Crippen molar-refractivity contribution in [1.29, 1.82) is 0 Å². The summed E-state index contributed by atoms with van der Waals surface area (Å²) in [7, 11) is 0. The van der Waals surface area contributed by atoms with E-state index in [1.54, 1.807) is 5.56 Å². The van der Waals surface area contributed by atoms with Crippen molar-refractivity contribution < 1.29 is 0 Å². The zero-order chi connectivity index (χ0) is 45.1. The maximum absolute atomic E-state index is 2.82. The number of hydrogen-bond acceptors (Lipinski definition) is 1. The van der Waals surface area contributed by atoms with Gasteiger partial charge in [0.1, 0.15) is 0 Å². The first kappa shape index (κ1) is 42.0. The maximum Gasteiger partial charge on any atom is 0.0714 e. The normalized spacial score (nSPS) is 19.0. The Morgan fingerprint density at radius 3 is 1.49 bits per heavy atom. The second-order valence-corrected chi connectivity index (χ2v) is 22.8. The molecule has 0 atom stereocenters. The van der Waals surface area contributed by atoms with Gasteiger partial charge in [0.05, 0.1) is 22.5 Å². The van der Waals surface area contributed by atoms with E-state index in [-0.39, 0.29) is 21.7 Å². The van der Waals surface area contributed by atoms with Crippen LogP contribution in [0.4, 0.5) is 17.1 Å². The number of fused-ring (bicyclic) bond motifs is 6. The largest absolute Gasteiger partial charge is 0.309 e. The van der Waals surface area contributed by atoms with E-state index in [1.165, 1.54) is 121 Å². The molecule has 0 fully saturated rings. The van der Waals surface area contributed by atoms with Gasteiger partial charge in [0, 0.05) is 5.56 Å². The molecule has 0 bridgehead atoms. The standard InChI is InChI=1S/C64H67N/c1-42-34-35-43-22-16-17-27-46(43)57(42)49-40-48-47-28-18-19-29-50(47)64(44-23-12-10-13-24-44,45-25-14-11-15-26-45)53(48)41-56(49)65(54-32-20-30-51-58(54)62(6,7)38-36-60(51,2)3)55-33-21-31-52-59(55)63(8,9)39-37-61(52,4)5/h10-15,18-21,23-26,28-35,40-41H,16-17,22,27,36-39H2,1-9H3. The average molecular weight is 850 g/mol. The van der Waals surface area contributed by atoms with E-state index in [1.807, 2.05) is 0 Å². The van der Waals surface area contributed by atoms with Gasteiger partial charge in [-0.1, -0.05) is 177 Å². The summed E-state index contributed by atoms with van der Waals surface area (Å²) in [6, 6.07) is 57.0. The first-order valence-corrected chi connectivity index (χ1v) is 24.7. The highest BCUT2D eigenvalue weighted by molar-refractivity contribution is 5.99. The van der Waals surface area contributed by atoms with Gasteiger partial charge in [0.15, 0.2) is 0 Å². The van der Waals surface area contributed by atoms with Crippen LogP contribution < -0.4 is 4.90 Å². The molecule has 0 N–H and O–H groups in total. The Bertz CT molecular complexity index is 2880. The van der Waals surface area contributed by atoms with Gasteiger partial charge in [-0.3, -0.25) is 0 Å². The van der Waals surface area contributed by atoms with Crippen LogP contribution in [-0.4, -0.2) is 0 Å². The topological polar surface area (TPSA) is 3.24 Å². The van der Waals surface area contributed by atoms with Gasteiger partial charge in [0.25, 0.3) is 0 Å². The number of hydrogen-bond donors (Lipinski definition) is 0. The van der Waals surface area contributed by atoms with Crippen molar-refractivity contribution in [2.45, 2.75) is 141 Å². The van der Waals surface area contributed by atoms with E-state index in [0.717, 1.165) is 25.7 Å². The minimum Gasteiger partial charge on any atom is -0.309 e. The monoisotopic (exact) mass is 850 g/mol. The Balaban J connectivity index is 1.36. The van der Waals surface area contributed by atoms with E-state index < -0.39 is 5.41 Å². The quantitative estimate of drug-likeness (QED) is 0.161. The zero-order valence-corrected chi connectivity index (χ0v) is 40.5. The van der Waals surface area contributed by atoms with Gasteiger partial charge in [-0.2, -0.15) is 0 Å². The van der Waals surface area contributed by atoms with Gasteiger partial charge in [0.2, 0.25) is 0 Å². The third-order valence-electron chi connectivity index (χ3n) is 17.0. The average Bonchev–Trinajstić information content (AvgIpc) is 3.60. The van der Waals surface area contributed by atoms with Crippen LogP contribution in [0.3, 0.4) is 0 Å². The third kappa shape index (κ3) is 6.31. The van der Waals surface area contributed by atoms with Crippen LogP contribution in [-0.2, 0) is 39.9 Å². The van der Waals surface area contributed by atoms with Crippen molar-refractivity contribution in [3.05, 3.63) is 207 Å². The molecule has 0 spiro atoms. The highest BCUT2D eigenvalue weighted by atomic mass is 15.2. The lowest BCUT2D eigenvalue weighted by Gasteiger charge is -2.47. The summed E-state index contributed by atoms with van der Waals surface area (Å²) in [6.07, 6.45) is 9.38. The van der Waals surface area contributed by atoms with Crippen molar-refractivity contribution in [2.75, 3.05) is 4.90 Å². The summed E-state index contributed by atoms with van der Waals surface area (Å²) in [5.74, 6) is 0. The van der Waals surface area contributed by atoms with Crippen molar-refractivity contribution >= 4 is 17.1 Å². The van der Waals surface area contributed by atoms with Gasteiger partial charge >= 0.3 is 0 Å². The highest BCUT2D eigenvalue weighted by Crippen LogP contribution is 2.62. The number of benzene rings is 7. The first-order chi connectivity index (χ1) is 31.1. The summed E-state index contributed by atoms with van der Waals surface area (Å²) < 4.78 is 0. The van der Waals surface area contributed by atoms with Crippen LogP contribution in [0.5, 0.6) is 0 Å². The lowest BCUT2D eigenvalue weighted by molar-refractivity contribution is 0.331. The molecule has 7 aromatic carbocycles. The van der Waals surface area contributed by atoms with Gasteiger partial charge in [-0.25, -0.2) is 0 Å². The molecule has 328 valence electrons. The van der Waals surface area contributed by atoms with Gasteiger partial charge in [-0.05, 0) is 182 Å². The molecule has 65 heavy (non-hydrogen) atoms. The second kappa shape index (κ2) is 14.9. The molecule has 1 heteroatoms. The fourth-order valence-electron chi connectivity index (χ4n) is 13.3. The van der Waals surface area contributed by atoms with E-state index >= 15 is 0 Å². The minimum absolute atomic E-state index is 0.0316. The predicted molar refractivity (Wildman–Crippen MR) is 276 cm³/mol. The van der Waals surface area contributed by atoms with Crippen LogP contribution in [0.1, 0.15) is 155 Å². The molecular formula is C64H67N. The van der Waals surface area contributed by atoms with Crippen LogP contribution in [0.2, 0.25) is 0 Å². The van der Waals surface area contributed by atoms with Crippen LogP contribution in [0, 0.1) is 6.92 Å². The summed E-state index contributed by atoms with van der Waals surface area (Å²) >= 11 is 0. The lowest BCUT2D eigenvalue weighted by Crippen LogP contribution is -2.37. The molecule has 0 amide bonds. The molecule has 4 aliphatic carbocycles. The van der Waals surface area contributed by atoms with Crippen molar-refractivity contribution in [3.8, 4) is 22.3 Å². The molecule has 0 aromatic heterocycles. The molecule has 1 nitrogen and oxygen atoms in total. The molecule has 0 heterocycles. The van der Waals surface area contributed by atoms with Gasteiger partial charge in [-0.15, -0.1) is 0 Å². The highest BCUT2D eigenvalue weighted by Gasteiger charge is 2.48.